The van der Waals surface area contributed by atoms with Crippen molar-refractivity contribution in [3.05, 3.63) is 176 Å². The molecule has 0 atom stereocenters. The highest BCUT2D eigenvalue weighted by molar-refractivity contribution is 6.19. The minimum Gasteiger partial charge on any atom is -0.455 e. The lowest BCUT2D eigenvalue weighted by molar-refractivity contribution is 0.672. The van der Waals surface area contributed by atoms with E-state index in [1.165, 1.54) is 21.9 Å². The summed E-state index contributed by atoms with van der Waals surface area (Å²) in [5.41, 5.74) is 9.48. The highest BCUT2D eigenvalue weighted by Gasteiger charge is 2.23. The second kappa shape index (κ2) is 11.0. The van der Waals surface area contributed by atoms with Crippen LogP contribution in [-0.4, -0.2) is 9.55 Å². The fourth-order valence-electron chi connectivity index (χ4n) is 7.38. The van der Waals surface area contributed by atoms with Gasteiger partial charge in [0, 0.05) is 44.8 Å². The highest BCUT2D eigenvalue weighted by Crippen LogP contribution is 2.44. The molecule has 49 heavy (non-hydrogen) atoms. The van der Waals surface area contributed by atoms with Gasteiger partial charge in [0.25, 0.3) is 0 Å². The molecule has 10 rings (SSSR count). The largest absolute Gasteiger partial charge is 0.455 e. The number of hydrogen-bond donors (Lipinski definition) is 0. The Hall–Kier alpha value is -6.65. The molecule has 0 N–H and O–H groups in total. The van der Waals surface area contributed by atoms with Crippen LogP contribution in [0, 0.1) is 0 Å². The van der Waals surface area contributed by atoms with Gasteiger partial charge < -0.3 is 8.98 Å². The fourth-order valence-corrected chi connectivity index (χ4v) is 7.38. The van der Waals surface area contributed by atoms with Crippen molar-refractivity contribution in [2.45, 2.75) is 0 Å². The number of hydrogen-bond acceptors (Lipinski definition) is 3. The maximum atomic E-state index is 6.62. The molecular weight excluding hydrogens is 599 g/mol. The lowest BCUT2D eigenvalue weighted by Crippen LogP contribution is -2.12. The van der Waals surface area contributed by atoms with Gasteiger partial charge in [-0.1, -0.05) is 115 Å². The third kappa shape index (κ3) is 4.35. The Kier molecular flexibility index (Phi) is 6.15. The molecule has 3 heterocycles. The standard InChI is InChI=1S/C45H29N3O/c1-3-11-30(12-4-1)31-19-22-34(23-20-31)47(45-43-39-25-21-32-13-7-8-16-36(32)44(39)49-42(43)27-28-46-45)35-24-26-38-37-17-9-10-18-40(37)48(41(38)29-35)33-14-5-2-6-15-33/h1-29H. The second-order valence-electron chi connectivity index (χ2n) is 12.4. The quantitative estimate of drug-likeness (QED) is 0.190. The van der Waals surface area contributed by atoms with Crippen LogP contribution in [0.3, 0.4) is 0 Å². The van der Waals surface area contributed by atoms with E-state index in [2.05, 4.69) is 173 Å². The predicted octanol–water partition coefficient (Wildman–Crippen LogP) is 12.4. The Morgan fingerprint density at radius 3 is 1.98 bits per heavy atom. The third-order valence-electron chi connectivity index (χ3n) is 9.63. The van der Waals surface area contributed by atoms with Gasteiger partial charge in [0.2, 0.25) is 0 Å². The van der Waals surface area contributed by atoms with Gasteiger partial charge in [-0.25, -0.2) is 4.98 Å². The maximum absolute atomic E-state index is 6.62. The highest BCUT2D eigenvalue weighted by atomic mass is 16.3. The molecule has 230 valence electrons. The van der Waals surface area contributed by atoms with Crippen molar-refractivity contribution in [1.29, 1.82) is 0 Å². The fraction of sp³-hybridized carbons (Fsp3) is 0. The summed E-state index contributed by atoms with van der Waals surface area (Å²) in [5, 5.41) is 6.70. The van der Waals surface area contributed by atoms with Crippen molar-refractivity contribution in [2.24, 2.45) is 0 Å². The molecule has 4 heteroatoms. The Balaban J connectivity index is 1.25. The topological polar surface area (TPSA) is 34.2 Å². The number of pyridine rings is 1. The van der Waals surface area contributed by atoms with Gasteiger partial charge in [-0.15, -0.1) is 0 Å². The Morgan fingerprint density at radius 1 is 0.490 bits per heavy atom. The minimum absolute atomic E-state index is 0.807. The maximum Gasteiger partial charge on any atom is 0.149 e. The molecule has 0 unspecified atom stereocenters. The summed E-state index contributed by atoms with van der Waals surface area (Å²) in [7, 11) is 0. The lowest BCUT2D eigenvalue weighted by Gasteiger charge is -2.25. The first-order valence-corrected chi connectivity index (χ1v) is 16.5. The van der Waals surface area contributed by atoms with E-state index >= 15 is 0 Å². The van der Waals surface area contributed by atoms with Gasteiger partial charge in [0.15, 0.2) is 0 Å². The van der Waals surface area contributed by atoms with Crippen LogP contribution in [0.2, 0.25) is 0 Å². The Morgan fingerprint density at radius 2 is 1.14 bits per heavy atom. The molecule has 0 saturated heterocycles. The number of furan rings is 1. The molecule has 10 aromatic rings. The summed E-state index contributed by atoms with van der Waals surface area (Å²) in [6.45, 7) is 0. The normalized spacial score (nSPS) is 11.7. The van der Waals surface area contributed by atoms with Crippen molar-refractivity contribution in [1.82, 2.24) is 9.55 Å². The summed E-state index contributed by atoms with van der Waals surface area (Å²) >= 11 is 0. The van der Waals surface area contributed by atoms with Gasteiger partial charge in [-0.05, 0) is 71.1 Å². The average molecular weight is 628 g/mol. The number of benzene rings is 7. The summed E-state index contributed by atoms with van der Waals surface area (Å²) in [5.74, 6) is 0.820. The van der Waals surface area contributed by atoms with E-state index in [-0.39, 0.29) is 0 Å². The molecule has 0 spiro atoms. The molecule has 7 aromatic carbocycles. The summed E-state index contributed by atoms with van der Waals surface area (Å²) in [6.07, 6.45) is 1.85. The van der Waals surface area contributed by atoms with Gasteiger partial charge in [0.05, 0.1) is 16.4 Å². The summed E-state index contributed by atoms with van der Waals surface area (Å²) in [4.78, 5) is 7.38. The predicted molar refractivity (Wildman–Crippen MR) is 203 cm³/mol. The molecule has 0 bridgehead atoms. The molecule has 0 radical (unpaired) electrons. The molecule has 0 aliphatic carbocycles. The number of aromatic nitrogens is 2. The number of fused-ring (bicyclic) bond motifs is 8. The first-order valence-electron chi connectivity index (χ1n) is 16.5. The van der Waals surface area contributed by atoms with E-state index in [9.17, 15) is 0 Å². The van der Waals surface area contributed by atoms with E-state index in [1.54, 1.807) is 0 Å². The SMILES string of the molecule is c1ccc(-c2ccc(N(c3ccc4c5ccccc5n(-c5ccccc5)c4c3)c3nccc4oc5c6ccccc6ccc5c34)cc2)cc1. The van der Waals surface area contributed by atoms with E-state index in [0.29, 0.717) is 0 Å². The van der Waals surface area contributed by atoms with Crippen molar-refractivity contribution >= 4 is 71.7 Å². The number of anilines is 3. The van der Waals surface area contributed by atoms with Crippen molar-refractivity contribution in [3.63, 3.8) is 0 Å². The first-order chi connectivity index (χ1) is 24.3. The van der Waals surface area contributed by atoms with Crippen LogP contribution in [0.4, 0.5) is 17.2 Å². The third-order valence-corrected chi connectivity index (χ3v) is 9.63. The van der Waals surface area contributed by atoms with Crippen molar-refractivity contribution in [2.75, 3.05) is 4.90 Å². The van der Waals surface area contributed by atoms with Crippen LogP contribution >= 0.6 is 0 Å². The Bertz CT molecular complexity index is 2820. The van der Waals surface area contributed by atoms with Crippen LogP contribution in [0.5, 0.6) is 0 Å². The van der Waals surface area contributed by atoms with Crippen LogP contribution in [-0.2, 0) is 0 Å². The molecule has 0 amide bonds. The zero-order valence-electron chi connectivity index (χ0n) is 26.5. The molecule has 0 aliphatic rings. The van der Waals surface area contributed by atoms with Gasteiger partial charge in [-0.2, -0.15) is 0 Å². The van der Waals surface area contributed by atoms with E-state index in [4.69, 9.17) is 9.40 Å². The number of rotatable bonds is 5. The van der Waals surface area contributed by atoms with Gasteiger partial charge in [0.1, 0.15) is 17.0 Å². The Labute approximate surface area is 282 Å². The molecule has 0 aliphatic heterocycles. The summed E-state index contributed by atoms with van der Waals surface area (Å²) in [6, 6.07) is 60.0. The number of para-hydroxylation sites is 2. The van der Waals surface area contributed by atoms with E-state index < -0.39 is 0 Å². The minimum atomic E-state index is 0.807. The van der Waals surface area contributed by atoms with Crippen molar-refractivity contribution in [3.8, 4) is 16.8 Å². The molecule has 4 nitrogen and oxygen atoms in total. The van der Waals surface area contributed by atoms with Gasteiger partial charge in [-0.3, -0.25) is 4.90 Å². The van der Waals surface area contributed by atoms with Crippen LogP contribution < -0.4 is 4.90 Å². The number of nitrogens with zero attached hydrogens (tertiary/aromatic N) is 3. The monoisotopic (exact) mass is 627 g/mol. The zero-order valence-corrected chi connectivity index (χ0v) is 26.5. The lowest BCUT2D eigenvalue weighted by atomic mass is 10.0. The van der Waals surface area contributed by atoms with E-state index in [1.807, 2.05) is 12.3 Å². The van der Waals surface area contributed by atoms with Crippen molar-refractivity contribution < 1.29 is 4.42 Å². The smallest absolute Gasteiger partial charge is 0.149 e. The molecule has 0 saturated carbocycles. The zero-order chi connectivity index (χ0) is 32.3. The van der Waals surface area contributed by atoms with Crippen LogP contribution in [0.15, 0.2) is 180 Å². The first kappa shape index (κ1) is 27.5. The van der Waals surface area contributed by atoms with Gasteiger partial charge >= 0.3 is 0 Å². The van der Waals surface area contributed by atoms with Crippen LogP contribution in [0.1, 0.15) is 0 Å². The van der Waals surface area contributed by atoms with E-state index in [0.717, 1.165) is 66.7 Å². The average Bonchev–Trinajstić information content (AvgIpc) is 3.72. The summed E-state index contributed by atoms with van der Waals surface area (Å²) < 4.78 is 8.98. The molecule has 0 fully saturated rings. The molecular formula is C45H29N3O. The second-order valence-corrected chi connectivity index (χ2v) is 12.4. The molecule has 3 aromatic heterocycles. The van der Waals surface area contributed by atoms with Crippen LogP contribution in [0.25, 0.3) is 71.3 Å².